The van der Waals surface area contributed by atoms with E-state index >= 15 is 0 Å². The van der Waals surface area contributed by atoms with Crippen molar-refractivity contribution < 1.29 is 102 Å². The van der Waals surface area contributed by atoms with Gasteiger partial charge in [-0.2, -0.15) is 70.8 Å². The third-order valence-corrected chi connectivity index (χ3v) is 7.17. The Morgan fingerprint density at radius 2 is 0.543 bits per heavy atom. The summed E-state index contributed by atoms with van der Waals surface area (Å²) >= 11 is 0. The van der Waals surface area contributed by atoms with E-state index in [1.54, 1.807) is 0 Å². The van der Waals surface area contributed by atoms with Gasteiger partial charge in [-0.15, -0.1) is 0 Å². The second-order valence-corrected chi connectivity index (χ2v) is 11.6. The van der Waals surface area contributed by atoms with Crippen LogP contribution in [0.15, 0.2) is 72.8 Å². The average Bonchev–Trinajstić information content (AvgIpc) is 3.75. The summed E-state index contributed by atoms with van der Waals surface area (Å²) in [6, 6.07) is 26.7. The first-order valence-corrected chi connectivity index (χ1v) is 16.2. The molecule has 4 aromatic rings. The van der Waals surface area contributed by atoms with Crippen LogP contribution in [0.2, 0.25) is 0 Å². The first-order valence-electron chi connectivity index (χ1n) is 16.2. The monoisotopic (exact) mass is 860 g/mol. The van der Waals surface area contributed by atoms with Gasteiger partial charge in [0.25, 0.3) is 0 Å². The maximum Gasteiger partial charge on any atom is 4.00 e. The minimum atomic E-state index is 0. The Bertz CT molecular complexity index is 943. The van der Waals surface area contributed by atoms with Crippen molar-refractivity contribution in [1.29, 1.82) is 0 Å². The van der Waals surface area contributed by atoms with Gasteiger partial charge in [0, 0.05) is 0 Å². The first-order chi connectivity index (χ1) is 19.3. The van der Waals surface area contributed by atoms with Crippen LogP contribution in [0, 0.1) is 27.7 Å². The molecule has 4 rings (SSSR count). The molecule has 0 spiro atoms. The fourth-order valence-corrected chi connectivity index (χ4v) is 4.65. The second-order valence-electron chi connectivity index (χ2n) is 11.6. The summed E-state index contributed by atoms with van der Waals surface area (Å²) in [6.07, 6.45) is 15.5. The average molecular weight is 865 g/mol. The Balaban J connectivity index is -0.000000111. The standard InChI is InChI=1S/4C10H15.4ClH.2Zr/c4*1-3-4-5-10-7-6-9(2)8-10;;;;;;/h4*6-8H,3-5H2,1-2H3;4*1H;;/q4*-1;;;;;2*+4/p-4. The van der Waals surface area contributed by atoms with Gasteiger partial charge < -0.3 is 49.6 Å². The minimum Gasteiger partial charge on any atom is -1.00 e. The van der Waals surface area contributed by atoms with Crippen molar-refractivity contribution in [2.75, 3.05) is 0 Å². The summed E-state index contributed by atoms with van der Waals surface area (Å²) in [7, 11) is 0. The Hall–Kier alpha value is 0.326. The number of rotatable bonds is 12. The molecule has 0 unspecified atom stereocenters. The molecular weight excluding hydrogens is 805 g/mol. The van der Waals surface area contributed by atoms with Gasteiger partial charge >= 0.3 is 52.4 Å². The maximum absolute atomic E-state index is 2.27. The molecule has 0 saturated carbocycles. The van der Waals surface area contributed by atoms with Crippen LogP contribution in [0.3, 0.4) is 0 Å². The molecule has 46 heavy (non-hydrogen) atoms. The van der Waals surface area contributed by atoms with Crippen LogP contribution in [0.1, 0.15) is 124 Å². The van der Waals surface area contributed by atoms with Crippen molar-refractivity contribution in [2.24, 2.45) is 0 Å². The molecule has 0 N–H and O–H groups in total. The summed E-state index contributed by atoms with van der Waals surface area (Å²) in [5.74, 6) is 0. The number of hydrogen-bond acceptors (Lipinski definition) is 0. The molecule has 0 heterocycles. The van der Waals surface area contributed by atoms with Crippen LogP contribution in [0.25, 0.3) is 0 Å². The topological polar surface area (TPSA) is 0 Å². The number of halogens is 4. The molecule has 0 radical (unpaired) electrons. The quantitative estimate of drug-likeness (QED) is 0.180. The minimum absolute atomic E-state index is 0. The normalized spacial score (nSPS) is 8.87. The number of aryl methyl sites for hydroxylation is 8. The fourth-order valence-electron chi connectivity index (χ4n) is 4.65. The van der Waals surface area contributed by atoms with E-state index in [0.29, 0.717) is 0 Å². The van der Waals surface area contributed by atoms with Crippen molar-refractivity contribution in [2.45, 2.75) is 132 Å². The number of unbranched alkanes of at least 4 members (excludes halogenated alkanes) is 4. The van der Waals surface area contributed by atoms with E-state index in [1.165, 1.54) is 122 Å². The molecule has 0 atom stereocenters. The van der Waals surface area contributed by atoms with E-state index in [4.69, 9.17) is 0 Å². The third-order valence-electron chi connectivity index (χ3n) is 7.17. The van der Waals surface area contributed by atoms with Crippen molar-refractivity contribution in [1.82, 2.24) is 0 Å². The van der Waals surface area contributed by atoms with Crippen LogP contribution in [0.5, 0.6) is 0 Å². The zero-order valence-electron chi connectivity index (χ0n) is 29.9. The summed E-state index contributed by atoms with van der Waals surface area (Å²) in [6.45, 7) is 17.5. The van der Waals surface area contributed by atoms with Gasteiger partial charge in [0.15, 0.2) is 0 Å². The Morgan fingerprint density at radius 1 is 0.370 bits per heavy atom. The molecule has 0 nitrogen and oxygen atoms in total. The van der Waals surface area contributed by atoms with E-state index in [-0.39, 0.29) is 102 Å². The molecule has 0 amide bonds. The van der Waals surface area contributed by atoms with Gasteiger partial charge in [-0.25, -0.2) is 46.5 Å². The van der Waals surface area contributed by atoms with E-state index in [0.717, 1.165) is 0 Å². The largest absolute Gasteiger partial charge is 4.00 e. The van der Waals surface area contributed by atoms with E-state index in [9.17, 15) is 0 Å². The molecule has 0 aliphatic rings. The van der Waals surface area contributed by atoms with E-state index in [1.807, 2.05) is 0 Å². The van der Waals surface area contributed by atoms with Crippen molar-refractivity contribution >= 4 is 0 Å². The second kappa shape index (κ2) is 38.1. The Labute approximate surface area is 348 Å². The smallest absolute Gasteiger partial charge is 1.00 e. The molecule has 0 aromatic heterocycles. The van der Waals surface area contributed by atoms with E-state index < -0.39 is 0 Å². The third kappa shape index (κ3) is 30.4. The molecule has 0 aliphatic heterocycles. The molecule has 256 valence electrons. The maximum atomic E-state index is 2.27. The molecule has 0 bridgehead atoms. The SMILES string of the molecule is CCCC[c-]1ccc(C)c1.CCCC[c-]1ccc(C)c1.CCCC[c-]1ccc(C)c1.CCCC[c-]1ccc(C)c1.[Cl-].[Cl-].[Cl-].[Cl-].[Zr+4].[Zr+4]. The van der Waals surface area contributed by atoms with Gasteiger partial charge in [0.2, 0.25) is 0 Å². The summed E-state index contributed by atoms with van der Waals surface area (Å²) in [5.41, 5.74) is 11.6. The van der Waals surface area contributed by atoms with Crippen LogP contribution < -0.4 is 49.6 Å². The molecule has 0 aliphatic carbocycles. The van der Waals surface area contributed by atoms with Gasteiger partial charge in [0.1, 0.15) is 0 Å². The number of hydrogen-bond donors (Lipinski definition) is 0. The fraction of sp³-hybridized carbons (Fsp3) is 0.500. The van der Waals surface area contributed by atoms with Crippen molar-refractivity contribution in [3.05, 3.63) is 117 Å². The van der Waals surface area contributed by atoms with E-state index in [2.05, 4.69) is 128 Å². The van der Waals surface area contributed by atoms with Crippen molar-refractivity contribution in [3.63, 3.8) is 0 Å². The van der Waals surface area contributed by atoms with Crippen LogP contribution in [-0.4, -0.2) is 0 Å². The Morgan fingerprint density at radius 3 is 0.652 bits per heavy atom. The predicted molar refractivity (Wildman–Crippen MR) is 182 cm³/mol. The van der Waals surface area contributed by atoms with Gasteiger partial charge in [-0.05, 0) is 0 Å². The zero-order valence-corrected chi connectivity index (χ0v) is 37.9. The molecule has 0 saturated heterocycles. The van der Waals surface area contributed by atoms with Crippen LogP contribution in [-0.2, 0) is 78.1 Å². The van der Waals surface area contributed by atoms with Crippen LogP contribution in [0.4, 0.5) is 0 Å². The van der Waals surface area contributed by atoms with Crippen LogP contribution >= 0.6 is 0 Å². The molecule has 6 heteroatoms. The first kappa shape index (κ1) is 58.5. The van der Waals surface area contributed by atoms with Crippen molar-refractivity contribution in [3.8, 4) is 0 Å². The molecule has 0 fully saturated rings. The summed E-state index contributed by atoms with van der Waals surface area (Å²) < 4.78 is 0. The molecule has 4 aromatic carbocycles. The summed E-state index contributed by atoms with van der Waals surface area (Å²) in [4.78, 5) is 0. The van der Waals surface area contributed by atoms with Gasteiger partial charge in [0.05, 0.1) is 0 Å². The Kier molecular flexibility index (Phi) is 48.5. The van der Waals surface area contributed by atoms with Gasteiger partial charge in [-0.3, -0.25) is 0 Å². The summed E-state index contributed by atoms with van der Waals surface area (Å²) in [5, 5.41) is 0. The van der Waals surface area contributed by atoms with Gasteiger partial charge in [-0.1, -0.05) is 132 Å². The zero-order chi connectivity index (χ0) is 29.6. The molecular formula is C40H60Cl4Zr2. The predicted octanol–water partition coefficient (Wildman–Crippen LogP) is 0.237.